The number of hydrogen-bond acceptors (Lipinski definition) is 2. The molecule has 0 rings (SSSR count). The third kappa shape index (κ3) is 21.4. The minimum Gasteiger partial charge on any atom is -0.373 e. The van der Waals surface area contributed by atoms with Crippen molar-refractivity contribution in [1.82, 2.24) is 0 Å². The van der Waals surface area contributed by atoms with Crippen LogP contribution < -0.4 is 0 Å². The van der Waals surface area contributed by atoms with Gasteiger partial charge in [0.2, 0.25) is 5.34 Å². The van der Waals surface area contributed by atoms with E-state index in [-0.39, 0.29) is 13.0 Å². The predicted octanol–water partition coefficient (Wildman–Crippen LogP) is 8.10. The molecule has 0 bridgehead atoms. The van der Waals surface area contributed by atoms with Crippen LogP contribution in [0.25, 0.3) is 0 Å². The second-order valence-electron chi connectivity index (χ2n) is 11.4. The summed E-state index contributed by atoms with van der Waals surface area (Å²) in [6, 6.07) is 0. The van der Waals surface area contributed by atoms with E-state index in [1.165, 1.54) is 89.9 Å². The largest absolute Gasteiger partial charge is 0.373 e. The summed E-state index contributed by atoms with van der Waals surface area (Å²) in [6.07, 6.45) is 31.3. The quantitative estimate of drug-likeness (QED) is 0.0524. The molecule has 0 saturated carbocycles. The first kappa shape index (κ1) is 34.6. The molecule has 0 aliphatic carbocycles. The zero-order valence-electron chi connectivity index (χ0n) is 23.6. The molecule has 0 aromatic rings. The van der Waals surface area contributed by atoms with Gasteiger partial charge in [-0.3, -0.25) is 4.57 Å². The Hall–Kier alpha value is -0.450. The lowest BCUT2D eigenvalue weighted by molar-refractivity contribution is -0.875. The van der Waals surface area contributed by atoms with Crippen molar-refractivity contribution in [3.63, 3.8) is 0 Å². The van der Waals surface area contributed by atoms with Crippen molar-refractivity contribution in [2.24, 2.45) is 0 Å². The predicted molar refractivity (Wildman–Crippen MR) is 152 cm³/mol. The molecule has 6 heteroatoms. The highest BCUT2D eigenvalue weighted by atomic mass is 31.2. The van der Waals surface area contributed by atoms with Gasteiger partial charge in [-0.1, -0.05) is 89.0 Å². The van der Waals surface area contributed by atoms with E-state index in [4.69, 9.17) is 0 Å². The second-order valence-corrected chi connectivity index (χ2v) is 13.3. The zero-order valence-corrected chi connectivity index (χ0v) is 24.5. The summed E-state index contributed by atoms with van der Waals surface area (Å²) >= 11 is 0. The van der Waals surface area contributed by atoms with E-state index < -0.39 is 12.9 Å². The molecule has 35 heavy (non-hydrogen) atoms. The monoisotopic (exact) mass is 516 g/mol. The van der Waals surface area contributed by atoms with Crippen LogP contribution in [0.15, 0.2) is 24.3 Å². The van der Waals surface area contributed by atoms with Crippen LogP contribution in [-0.4, -0.2) is 52.4 Å². The van der Waals surface area contributed by atoms with E-state index in [0.29, 0.717) is 10.9 Å². The number of hydrogen-bond donors (Lipinski definition) is 3. The summed E-state index contributed by atoms with van der Waals surface area (Å²) in [6.45, 7) is 2.31. The van der Waals surface area contributed by atoms with Crippen LogP contribution >= 0.6 is 7.60 Å². The number of rotatable bonds is 24. The van der Waals surface area contributed by atoms with E-state index in [2.05, 4.69) is 31.2 Å². The lowest BCUT2D eigenvalue weighted by Crippen LogP contribution is -2.49. The van der Waals surface area contributed by atoms with Gasteiger partial charge in [0.1, 0.15) is 6.54 Å². The van der Waals surface area contributed by atoms with Crippen molar-refractivity contribution in [3.8, 4) is 0 Å². The van der Waals surface area contributed by atoms with Gasteiger partial charge in [-0.05, 0) is 64.2 Å². The number of nitrogens with zero attached hydrogens (tertiary/aromatic N) is 1. The number of allylic oxidation sites excluding steroid dienone is 4. The molecule has 0 aromatic heterocycles. The van der Waals surface area contributed by atoms with E-state index in [1.54, 1.807) is 0 Å². The van der Waals surface area contributed by atoms with Crippen molar-refractivity contribution >= 4 is 7.60 Å². The Morgan fingerprint density at radius 1 is 0.629 bits per heavy atom. The minimum atomic E-state index is -4.55. The normalized spacial score (nSPS) is 14.8. The minimum absolute atomic E-state index is 0.0581. The van der Waals surface area contributed by atoms with Gasteiger partial charge in [-0.15, -0.1) is 0 Å². The van der Waals surface area contributed by atoms with Crippen LogP contribution in [0.3, 0.4) is 0 Å². The van der Waals surface area contributed by atoms with Crippen LogP contribution in [0.1, 0.15) is 129 Å². The zero-order chi connectivity index (χ0) is 26.5. The maximum atomic E-state index is 11.8. The molecule has 0 aliphatic heterocycles. The number of unbranched alkanes of at least 4 members (excludes halogenated alkanes) is 15. The molecule has 0 spiro atoms. The Labute approximate surface area is 217 Å². The van der Waals surface area contributed by atoms with Gasteiger partial charge in [-0.2, -0.15) is 0 Å². The van der Waals surface area contributed by atoms with Gasteiger partial charge in [0.25, 0.3) is 0 Å². The fourth-order valence-corrected chi connectivity index (χ4v) is 5.55. The highest BCUT2D eigenvalue weighted by Gasteiger charge is 2.48. The number of likely N-dealkylation sites (N-methyl/N-ethyl adjacent to an activating group) is 1. The number of quaternary nitrogens is 1. The van der Waals surface area contributed by atoms with E-state index in [0.717, 1.165) is 19.3 Å². The van der Waals surface area contributed by atoms with Crippen LogP contribution in [0.2, 0.25) is 0 Å². The second kappa shape index (κ2) is 20.6. The Morgan fingerprint density at radius 3 is 1.34 bits per heavy atom. The maximum absolute atomic E-state index is 11.8. The van der Waals surface area contributed by atoms with Crippen LogP contribution in [-0.2, 0) is 4.57 Å². The van der Waals surface area contributed by atoms with E-state index >= 15 is 0 Å². The fourth-order valence-electron chi connectivity index (χ4n) is 4.49. The third-order valence-electron chi connectivity index (χ3n) is 6.52. The van der Waals surface area contributed by atoms with Crippen LogP contribution in [0.4, 0.5) is 0 Å². The Kier molecular flexibility index (Phi) is 20.3. The van der Waals surface area contributed by atoms with E-state index in [1.807, 2.05) is 21.1 Å². The maximum Gasteiger partial charge on any atom is 0.362 e. The molecular weight excluding hydrogens is 457 g/mol. The molecule has 3 N–H and O–H groups in total. The molecule has 0 fully saturated rings. The lowest BCUT2D eigenvalue weighted by Gasteiger charge is -2.35. The smallest absolute Gasteiger partial charge is 0.362 e. The van der Waals surface area contributed by atoms with Crippen LogP contribution in [0, 0.1) is 0 Å². The Morgan fingerprint density at radius 2 is 0.971 bits per heavy atom. The fraction of sp³-hybridized carbons (Fsp3) is 0.862. The van der Waals surface area contributed by atoms with Crippen molar-refractivity contribution in [3.05, 3.63) is 24.3 Å². The summed E-state index contributed by atoms with van der Waals surface area (Å²) < 4.78 is 12.1. The first-order valence-electron chi connectivity index (χ1n) is 14.4. The average molecular weight is 517 g/mol. The number of aliphatic hydroxyl groups is 1. The molecule has 0 amide bonds. The molecule has 1 atom stereocenters. The Balaban J connectivity index is 3.56. The van der Waals surface area contributed by atoms with Gasteiger partial charge in [0.15, 0.2) is 0 Å². The third-order valence-corrected chi connectivity index (χ3v) is 7.97. The van der Waals surface area contributed by atoms with Gasteiger partial charge in [0.05, 0.1) is 21.1 Å². The van der Waals surface area contributed by atoms with Crippen molar-refractivity contribution in [2.45, 2.75) is 134 Å². The molecule has 5 nitrogen and oxygen atoms in total. The molecule has 0 saturated heterocycles. The summed E-state index contributed by atoms with van der Waals surface area (Å²) in [5, 5.41) is 8.65. The highest BCUT2D eigenvalue weighted by molar-refractivity contribution is 7.53. The van der Waals surface area contributed by atoms with Gasteiger partial charge in [0, 0.05) is 0 Å². The highest BCUT2D eigenvalue weighted by Crippen LogP contribution is 2.52. The van der Waals surface area contributed by atoms with Gasteiger partial charge >= 0.3 is 7.60 Å². The summed E-state index contributed by atoms with van der Waals surface area (Å²) in [7, 11) is 0.972. The van der Waals surface area contributed by atoms with Gasteiger partial charge in [-0.25, -0.2) is 0 Å². The average Bonchev–Trinajstić information content (AvgIpc) is 2.75. The summed E-state index contributed by atoms with van der Waals surface area (Å²) in [4.78, 5) is 19.2. The van der Waals surface area contributed by atoms with E-state index in [9.17, 15) is 19.5 Å². The lowest BCUT2D eigenvalue weighted by atomic mass is 10.0. The molecule has 0 radical (unpaired) electrons. The SMILES string of the molecule is CCCCC/C=C\CCCCC/C=C\CCCCCCCCCCC(O)(C[N+](C)(C)C)P(=O)(O)O. The molecule has 208 valence electrons. The topological polar surface area (TPSA) is 77.8 Å². The first-order valence-corrected chi connectivity index (χ1v) is 16.0. The Bertz CT molecular complexity index is 594. The molecule has 1 unspecified atom stereocenters. The van der Waals surface area contributed by atoms with Crippen molar-refractivity contribution < 1.29 is 23.9 Å². The summed E-state index contributed by atoms with van der Waals surface area (Å²) in [5.74, 6) is 0. The summed E-state index contributed by atoms with van der Waals surface area (Å²) in [5.41, 5.74) is 0. The standard InChI is InChI=1S/C29H58NO4P/c1-5-6-7-8-9-10-11-12-13-14-15-16-17-18-19-20-21-22-23-24-25-26-27-29(31,35(32,33)34)28-30(2,3)4/h9-10,16-17,31H,5-8,11-15,18-28H2,1-4H3,(H-,32,33,34)/p+1/b10-9-,17-16-. The van der Waals surface area contributed by atoms with Crippen LogP contribution in [0.5, 0.6) is 0 Å². The molecular formula is C29H59NO4P+. The van der Waals surface area contributed by atoms with Crippen molar-refractivity contribution in [1.29, 1.82) is 0 Å². The first-order chi connectivity index (χ1) is 16.5. The van der Waals surface area contributed by atoms with Gasteiger partial charge < -0.3 is 19.4 Å². The van der Waals surface area contributed by atoms with Crippen molar-refractivity contribution in [2.75, 3.05) is 27.7 Å². The molecule has 0 aliphatic rings. The molecule has 0 heterocycles. The molecule has 0 aromatic carbocycles.